The predicted octanol–water partition coefficient (Wildman–Crippen LogP) is 1.95. The Morgan fingerprint density at radius 3 is 2.67 bits per heavy atom. The first-order chi connectivity index (χ1) is 11.5. The standard InChI is InChI=1S/C16H23ClN4O3/c1-11(16(23)18-12-6-4-3-5-7-12)24-15(22)10-21(2)14-9-8-13(17)19-20-14/h8-9,11-12H,3-7,10H2,1-2H3,(H,18,23). The highest BCUT2D eigenvalue weighted by atomic mass is 35.5. The molecule has 1 amide bonds. The SMILES string of the molecule is CC(OC(=O)CN(C)c1ccc(Cl)nn1)C(=O)NC1CCCCC1. The molecule has 0 spiro atoms. The number of anilines is 1. The number of ether oxygens (including phenoxy) is 1. The first-order valence-corrected chi connectivity index (χ1v) is 8.53. The molecule has 1 aliphatic carbocycles. The van der Waals surface area contributed by atoms with E-state index in [1.54, 1.807) is 31.0 Å². The zero-order chi connectivity index (χ0) is 17.5. The molecule has 132 valence electrons. The summed E-state index contributed by atoms with van der Waals surface area (Å²) in [5, 5.41) is 10.8. The van der Waals surface area contributed by atoms with Gasteiger partial charge in [0.1, 0.15) is 6.54 Å². The molecule has 7 nitrogen and oxygen atoms in total. The van der Waals surface area contributed by atoms with Crippen LogP contribution in [0.4, 0.5) is 5.82 Å². The minimum Gasteiger partial charge on any atom is -0.451 e. The summed E-state index contributed by atoms with van der Waals surface area (Å²) >= 11 is 5.68. The van der Waals surface area contributed by atoms with Crippen LogP contribution in [-0.2, 0) is 14.3 Å². The average Bonchev–Trinajstić information content (AvgIpc) is 2.56. The third kappa shape index (κ3) is 5.63. The summed E-state index contributed by atoms with van der Waals surface area (Å²) in [7, 11) is 1.69. The zero-order valence-corrected chi connectivity index (χ0v) is 14.8. The summed E-state index contributed by atoms with van der Waals surface area (Å²) in [6.07, 6.45) is 4.65. The monoisotopic (exact) mass is 354 g/mol. The number of esters is 1. The Kier molecular flexibility index (Phi) is 6.78. The highest BCUT2D eigenvalue weighted by molar-refractivity contribution is 6.29. The van der Waals surface area contributed by atoms with Crippen LogP contribution in [0.25, 0.3) is 0 Å². The van der Waals surface area contributed by atoms with E-state index in [0.29, 0.717) is 5.82 Å². The van der Waals surface area contributed by atoms with Crippen molar-refractivity contribution in [2.75, 3.05) is 18.5 Å². The lowest BCUT2D eigenvalue weighted by molar-refractivity contribution is -0.153. The van der Waals surface area contributed by atoms with Crippen molar-refractivity contribution in [3.8, 4) is 0 Å². The Hall–Kier alpha value is -1.89. The molecule has 1 N–H and O–H groups in total. The van der Waals surface area contributed by atoms with Gasteiger partial charge in [-0.3, -0.25) is 9.59 Å². The van der Waals surface area contributed by atoms with Crippen molar-refractivity contribution in [2.24, 2.45) is 0 Å². The lowest BCUT2D eigenvalue weighted by Crippen LogP contribution is -2.43. The number of rotatable bonds is 6. The molecule has 2 rings (SSSR count). The molecule has 0 radical (unpaired) electrons. The number of nitrogens with one attached hydrogen (secondary N) is 1. The van der Waals surface area contributed by atoms with Crippen LogP contribution in [0.15, 0.2) is 12.1 Å². The van der Waals surface area contributed by atoms with Crippen molar-refractivity contribution >= 4 is 29.3 Å². The van der Waals surface area contributed by atoms with Crippen LogP contribution in [0.2, 0.25) is 5.15 Å². The van der Waals surface area contributed by atoms with Gasteiger partial charge < -0.3 is 15.0 Å². The van der Waals surface area contributed by atoms with Gasteiger partial charge in [-0.2, -0.15) is 0 Å². The Bertz CT molecular complexity index is 561. The van der Waals surface area contributed by atoms with Gasteiger partial charge in [0.2, 0.25) is 0 Å². The van der Waals surface area contributed by atoms with Crippen molar-refractivity contribution in [3.63, 3.8) is 0 Å². The molecule has 0 aromatic carbocycles. The molecule has 1 saturated carbocycles. The van der Waals surface area contributed by atoms with E-state index in [-0.39, 0.29) is 23.6 Å². The summed E-state index contributed by atoms with van der Waals surface area (Å²) in [5.74, 6) is -0.250. The molecular formula is C16H23ClN4O3. The summed E-state index contributed by atoms with van der Waals surface area (Å²) in [5.41, 5.74) is 0. The van der Waals surface area contributed by atoms with Gasteiger partial charge in [-0.25, -0.2) is 0 Å². The summed E-state index contributed by atoms with van der Waals surface area (Å²) in [4.78, 5) is 25.7. The minimum absolute atomic E-state index is 0.0304. The van der Waals surface area contributed by atoms with Crippen molar-refractivity contribution in [1.82, 2.24) is 15.5 Å². The predicted molar refractivity (Wildman–Crippen MR) is 90.9 cm³/mol. The smallest absolute Gasteiger partial charge is 0.326 e. The maximum atomic E-state index is 12.1. The molecule has 1 unspecified atom stereocenters. The molecule has 0 saturated heterocycles. The van der Waals surface area contributed by atoms with E-state index in [0.717, 1.165) is 25.7 Å². The van der Waals surface area contributed by atoms with Crippen molar-refractivity contribution in [1.29, 1.82) is 0 Å². The molecule has 1 aromatic heterocycles. The van der Waals surface area contributed by atoms with Crippen molar-refractivity contribution in [2.45, 2.75) is 51.2 Å². The molecule has 1 fully saturated rings. The van der Waals surface area contributed by atoms with Gasteiger partial charge in [0.15, 0.2) is 17.1 Å². The number of carbonyl (C=O) groups excluding carboxylic acids is 2. The van der Waals surface area contributed by atoms with Crippen LogP contribution in [0.1, 0.15) is 39.0 Å². The maximum absolute atomic E-state index is 12.1. The van der Waals surface area contributed by atoms with Crippen LogP contribution in [0.5, 0.6) is 0 Å². The topological polar surface area (TPSA) is 84.4 Å². The Morgan fingerprint density at radius 1 is 1.33 bits per heavy atom. The van der Waals surface area contributed by atoms with E-state index >= 15 is 0 Å². The molecule has 1 aromatic rings. The van der Waals surface area contributed by atoms with E-state index < -0.39 is 12.1 Å². The van der Waals surface area contributed by atoms with E-state index in [1.807, 2.05) is 0 Å². The Balaban J connectivity index is 1.77. The molecule has 1 heterocycles. The van der Waals surface area contributed by atoms with Gasteiger partial charge in [-0.05, 0) is 31.9 Å². The van der Waals surface area contributed by atoms with E-state index in [1.165, 1.54) is 6.42 Å². The number of likely N-dealkylation sites (N-methyl/N-ethyl adjacent to an activating group) is 1. The first kappa shape index (κ1) is 18.4. The van der Waals surface area contributed by atoms with Gasteiger partial charge >= 0.3 is 5.97 Å². The van der Waals surface area contributed by atoms with Crippen LogP contribution in [0, 0.1) is 0 Å². The Morgan fingerprint density at radius 2 is 2.04 bits per heavy atom. The fraction of sp³-hybridized carbons (Fsp3) is 0.625. The Labute approximate surface area is 146 Å². The van der Waals surface area contributed by atoms with Crippen LogP contribution < -0.4 is 10.2 Å². The van der Waals surface area contributed by atoms with Gasteiger partial charge in [0.05, 0.1) is 0 Å². The highest BCUT2D eigenvalue weighted by Crippen LogP contribution is 2.17. The highest BCUT2D eigenvalue weighted by Gasteiger charge is 2.22. The van der Waals surface area contributed by atoms with Gasteiger partial charge in [0.25, 0.3) is 5.91 Å². The summed E-state index contributed by atoms with van der Waals surface area (Å²) in [6, 6.07) is 3.44. The number of aromatic nitrogens is 2. The third-order valence-electron chi connectivity index (χ3n) is 4.00. The van der Waals surface area contributed by atoms with Gasteiger partial charge in [0, 0.05) is 13.1 Å². The summed E-state index contributed by atoms with van der Waals surface area (Å²) in [6.45, 7) is 1.55. The molecule has 0 bridgehead atoms. The van der Waals surface area contributed by atoms with Crippen molar-refractivity contribution < 1.29 is 14.3 Å². The van der Waals surface area contributed by atoms with Crippen LogP contribution >= 0.6 is 11.6 Å². The number of hydrogen-bond donors (Lipinski definition) is 1. The van der Waals surface area contributed by atoms with Crippen molar-refractivity contribution in [3.05, 3.63) is 17.3 Å². The van der Waals surface area contributed by atoms with Crippen LogP contribution in [0.3, 0.4) is 0 Å². The third-order valence-corrected chi connectivity index (χ3v) is 4.21. The number of halogens is 1. The lowest BCUT2D eigenvalue weighted by Gasteiger charge is -2.24. The molecule has 24 heavy (non-hydrogen) atoms. The number of carbonyl (C=O) groups is 2. The minimum atomic E-state index is -0.816. The number of hydrogen-bond acceptors (Lipinski definition) is 6. The fourth-order valence-electron chi connectivity index (χ4n) is 2.64. The van der Waals surface area contributed by atoms with Crippen LogP contribution in [-0.4, -0.2) is 47.8 Å². The van der Waals surface area contributed by atoms with E-state index in [2.05, 4.69) is 15.5 Å². The normalized spacial score (nSPS) is 16.3. The number of amides is 1. The lowest BCUT2D eigenvalue weighted by atomic mass is 9.95. The zero-order valence-electron chi connectivity index (χ0n) is 14.0. The maximum Gasteiger partial charge on any atom is 0.326 e. The second kappa shape index (κ2) is 8.82. The van der Waals surface area contributed by atoms with E-state index in [9.17, 15) is 9.59 Å². The van der Waals surface area contributed by atoms with Gasteiger partial charge in [-0.15, -0.1) is 10.2 Å². The first-order valence-electron chi connectivity index (χ1n) is 8.16. The quantitative estimate of drug-likeness (QED) is 0.786. The average molecular weight is 355 g/mol. The largest absolute Gasteiger partial charge is 0.451 e. The molecule has 0 aliphatic heterocycles. The number of nitrogens with zero attached hydrogens (tertiary/aromatic N) is 3. The summed E-state index contributed by atoms with van der Waals surface area (Å²) < 4.78 is 5.20. The fourth-order valence-corrected chi connectivity index (χ4v) is 2.74. The molecule has 8 heteroatoms. The second-order valence-electron chi connectivity index (χ2n) is 6.05. The molecule has 1 atom stereocenters. The van der Waals surface area contributed by atoms with Gasteiger partial charge in [-0.1, -0.05) is 30.9 Å². The second-order valence-corrected chi connectivity index (χ2v) is 6.43. The molecule has 1 aliphatic rings. The van der Waals surface area contributed by atoms with E-state index in [4.69, 9.17) is 16.3 Å². The molecular weight excluding hydrogens is 332 g/mol.